The highest BCUT2D eigenvalue weighted by Crippen LogP contribution is 2.28. The maximum Gasteiger partial charge on any atom is 0.236 e. The summed E-state index contributed by atoms with van der Waals surface area (Å²) >= 11 is 3.10. The molecule has 2 rings (SSSR count). The third-order valence-electron chi connectivity index (χ3n) is 3.04. The van der Waals surface area contributed by atoms with Gasteiger partial charge in [-0.1, -0.05) is 44.5 Å². The van der Waals surface area contributed by atoms with Crippen LogP contribution >= 0.6 is 23.1 Å². The van der Waals surface area contributed by atoms with Crippen LogP contribution in [0.5, 0.6) is 0 Å². The predicted octanol–water partition coefficient (Wildman–Crippen LogP) is 4.90. The van der Waals surface area contributed by atoms with Crippen molar-refractivity contribution >= 4 is 34.1 Å². The average molecular weight is 335 g/mol. The lowest BCUT2D eigenvalue weighted by atomic mass is 10.0. The highest BCUT2D eigenvalue weighted by molar-refractivity contribution is 8.01. The predicted molar refractivity (Wildman–Crippen MR) is 97.9 cm³/mol. The summed E-state index contributed by atoms with van der Waals surface area (Å²) in [6, 6.07) is 6.31. The van der Waals surface area contributed by atoms with Gasteiger partial charge >= 0.3 is 0 Å². The molecule has 0 atom stereocenters. The minimum atomic E-state index is 0.00135. The number of hydrogen-bond donors (Lipinski definition) is 1. The van der Waals surface area contributed by atoms with Crippen LogP contribution in [0.4, 0.5) is 5.13 Å². The molecule has 118 valence electrons. The molecule has 0 radical (unpaired) electrons. The van der Waals surface area contributed by atoms with Gasteiger partial charge in [0.05, 0.1) is 11.4 Å². The number of aryl methyl sites for hydroxylation is 2. The fourth-order valence-electron chi connectivity index (χ4n) is 1.99. The second kappa shape index (κ2) is 6.84. The topological polar surface area (TPSA) is 42.0 Å². The minimum absolute atomic E-state index is 0.00135. The minimum Gasteiger partial charge on any atom is -0.301 e. The molecule has 1 amide bonds. The number of anilines is 1. The van der Waals surface area contributed by atoms with Crippen LogP contribution in [0.3, 0.4) is 0 Å². The number of rotatable bonds is 4. The second-order valence-electron chi connectivity index (χ2n) is 6.31. The highest BCUT2D eigenvalue weighted by Gasteiger charge is 2.15. The van der Waals surface area contributed by atoms with Gasteiger partial charge in [-0.3, -0.25) is 4.79 Å². The van der Waals surface area contributed by atoms with Crippen molar-refractivity contribution in [2.75, 3.05) is 11.1 Å². The van der Waals surface area contributed by atoms with Crippen LogP contribution in [0.2, 0.25) is 0 Å². The molecule has 5 heteroatoms. The van der Waals surface area contributed by atoms with Crippen LogP contribution in [0, 0.1) is 13.8 Å². The molecule has 2 aromatic rings. The SMILES string of the molecule is Cc1ccc(-c2csc(NC(=O)CSC(C)(C)C)n2)c(C)c1. The molecule has 0 saturated carbocycles. The number of hydrogen-bond acceptors (Lipinski definition) is 4. The summed E-state index contributed by atoms with van der Waals surface area (Å²) in [5.41, 5.74) is 4.48. The summed E-state index contributed by atoms with van der Waals surface area (Å²) in [4.78, 5) is 16.5. The van der Waals surface area contributed by atoms with Gasteiger partial charge in [-0.2, -0.15) is 0 Å². The van der Waals surface area contributed by atoms with E-state index in [-0.39, 0.29) is 10.7 Å². The van der Waals surface area contributed by atoms with Crippen molar-refractivity contribution in [3.05, 3.63) is 34.7 Å². The number of carbonyl (C=O) groups excluding carboxylic acids is 1. The molecule has 0 spiro atoms. The van der Waals surface area contributed by atoms with E-state index in [1.807, 2.05) is 5.38 Å². The number of benzene rings is 1. The molecule has 1 aromatic carbocycles. The Labute approximate surface area is 140 Å². The maximum atomic E-state index is 12.0. The van der Waals surface area contributed by atoms with Crippen molar-refractivity contribution in [2.24, 2.45) is 0 Å². The summed E-state index contributed by atoms with van der Waals surface area (Å²) in [6.45, 7) is 10.5. The molecule has 0 fully saturated rings. The van der Waals surface area contributed by atoms with Crippen molar-refractivity contribution in [2.45, 2.75) is 39.4 Å². The van der Waals surface area contributed by atoms with Crippen LogP contribution in [-0.2, 0) is 4.79 Å². The lowest BCUT2D eigenvalue weighted by molar-refractivity contribution is -0.113. The fraction of sp³-hybridized carbons (Fsp3) is 0.412. The van der Waals surface area contributed by atoms with Gasteiger partial charge in [0, 0.05) is 15.7 Å². The average Bonchev–Trinajstić information content (AvgIpc) is 2.84. The molecule has 3 nitrogen and oxygen atoms in total. The molecule has 22 heavy (non-hydrogen) atoms. The van der Waals surface area contributed by atoms with E-state index in [4.69, 9.17) is 0 Å². The van der Waals surface area contributed by atoms with Crippen LogP contribution < -0.4 is 5.32 Å². The Kier molecular flexibility index (Phi) is 5.29. The summed E-state index contributed by atoms with van der Waals surface area (Å²) in [7, 11) is 0. The Morgan fingerprint density at radius 2 is 2.05 bits per heavy atom. The van der Waals surface area contributed by atoms with E-state index in [1.54, 1.807) is 11.8 Å². The molecular weight excluding hydrogens is 312 g/mol. The standard InChI is InChI=1S/C17H22N2OS2/c1-11-6-7-13(12(2)8-11)14-9-21-16(18-14)19-15(20)10-22-17(3,4)5/h6-9H,10H2,1-5H3,(H,18,19,20). The number of thioether (sulfide) groups is 1. The monoisotopic (exact) mass is 334 g/mol. The molecule has 0 aliphatic rings. The molecule has 0 unspecified atom stereocenters. The number of nitrogens with zero attached hydrogens (tertiary/aromatic N) is 1. The Morgan fingerprint density at radius 1 is 1.32 bits per heavy atom. The zero-order chi connectivity index (χ0) is 16.3. The van der Waals surface area contributed by atoms with Crippen LogP contribution in [0.25, 0.3) is 11.3 Å². The number of nitrogens with one attached hydrogen (secondary N) is 1. The first-order chi connectivity index (χ1) is 10.2. The van der Waals surface area contributed by atoms with E-state index in [0.717, 1.165) is 11.3 Å². The lowest BCUT2D eigenvalue weighted by Gasteiger charge is -2.16. The van der Waals surface area contributed by atoms with E-state index in [1.165, 1.54) is 22.5 Å². The van der Waals surface area contributed by atoms with E-state index in [2.05, 4.69) is 63.1 Å². The Balaban J connectivity index is 2.04. The molecule has 0 aliphatic heterocycles. The van der Waals surface area contributed by atoms with E-state index in [9.17, 15) is 4.79 Å². The number of thiazole rings is 1. The van der Waals surface area contributed by atoms with E-state index in [0.29, 0.717) is 10.9 Å². The first kappa shape index (κ1) is 17.0. The van der Waals surface area contributed by atoms with Crippen LogP contribution in [0.15, 0.2) is 23.6 Å². The smallest absolute Gasteiger partial charge is 0.236 e. The lowest BCUT2D eigenvalue weighted by Crippen LogP contribution is -2.18. The molecule has 1 aromatic heterocycles. The third kappa shape index (κ3) is 4.85. The quantitative estimate of drug-likeness (QED) is 0.865. The largest absolute Gasteiger partial charge is 0.301 e. The molecular formula is C17H22N2OS2. The van der Waals surface area contributed by atoms with Gasteiger partial charge in [-0.25, -0.2) is 4.98 Å². The van der Waals surface area contributed by atoms with Crippen LogP contribution in [0.1, 0.15) is 31.9 Å². The van der Waals surface area contributed by atoms with Gasteiger partial charge in [0.25, 0.3) is 0 Å². The highest BCUT2D eigenvalue weighted by atomic mass is 32.2. The normalized spacial score (nSPS) is 11.5. The van der Waals surface area contributed by atoms with Crippen molar-refractivity contribution < 1.29 is 4.79 Å². The van der Waals surface area contributed by atoms with Gasteiger partial charge < -0.3 is 5.32 Å². The van der Waals surface area contributed by atoms with Gasteiger partial charge in [0.2, 0.25) is 5.91 Å². The van der Waals surface area contributed by atoms with E-state index >= 15 is 0 Å². The molecule has 0 bridgehead atoms. The van der Waals surface area contributed by atoms with Gasteiger partial charge in [0.1, 0.15) is 0 Å². The van der Waals surface area contributed by atoms with E-state index < -0.39 is 0 Å². The number of amides is 1. The van der Waals surface area contributed by atoms with Crippen molar-refractivity contribution in [3.8, 4) is 11.3 Å². The summed E-state index contributed by atoms with van der Waals surface area (Å²) < 4.78 is 0.0877. The van der Waals surface area contributed by atoms with Gasteiger partial charge in [-0.15, -0.1) is 23.1 Å². The summed E-state index contributed by atoms with van der Waals surface area (Å²) in [5, 5.41) is 5.53. The molecule has 1 heterocycles. The van der Waals surface area contributed by atoms with Gasteiger partial charge in [-0.05, 0) is 19.4 Å². The zero-order valence-electron chi connectivity index (χ0n) is 13.7. The fourth-order valence-corrected chi connectivity index (χ4v) is 3.36. The van der Waals surface area contributed by atoms with Crippen molar-refractivity contribution in [1.82, 2.24) is 4.98 Å². The summed E-state index contributed by atoms with van der Waals surface area (Å²) in [6.07, 6.45) is 0. The second-order valence-corrected chi connectivity index (χ2v) is 8.97. The van der Waals surface area contributed by atoms with Crippen LogP contribution in [-0.4, -0.2) is 21.4 Å². The van der Waals surface area contributed by atoms with Crippen molar-refractivity contribution in [3.63, 3.8) is 0 Å². The number of aromatic nitrogens is 1. The third-order valence-corrected chi connectivity index (χ3v) is 5.07. The van der Waals surface area contributed by atoms with Crippen molar-refractivity contribution in [1.29, 1.82) is 0 Å². The molecule has 1 N–H and O–H groups in total. The zero-order valence-corrected chi connectivity index (χ0v) is 15.3. The van der Waals surface area contributed by atoms with Gasteiger partial charge in [0.15, 0.2) is 5.13 Å². The molecule has 0 aliphatic carbocycles. The first-order valence-corrected chi connectivity index (χ1v) is 9.08. The number of carbonyl (C=O) groups is 1. The maximum absolute atomic E-state index is 12.0. The first-order valence-electron chi connectivity index (χ1n) is 7.21. The molecule has 0 saturated heterocycles. The Bertz CT molecular complexity index is 672. The summed E-state index contributed by atoms with van der Waals surface area (Å²) in [5.74, 6) is 0.448. The Morgan fingerprint density at radius 3 is 2.68 bits per heavy atom. The Hall–Kier alpha value is -1.33.